The van der Waals surface area contributed by atoms with E-state index in [9.17, 15) is 14.7 Å². The summed E-state index contributed by atoms with van der Waals surface area (Å²) in [6.45, 7) is 8.70. The highest BCUT2D eigenvalue weighted by molar-refractivity contribution is 6.37. The van der Waals surface area contributed by atoms with Gasteiger partial charge in [0.2, 0.25) is 5.91 Å². The summed E-state index contributed by atoms with van der Waals surface area (Å²) in [7, 11) is 3.91. The normalized spacial score (nSPS) is 16.3. The van der Waals surface area contributed by atoms with Crippen molar-refractivity contribution in [1.82, 2.24) is 19.8 Å². The van der Waals surface area contributed by atoms with Crippen LogP contribution < -0.4 is 14.5 Å². The third-order valence-electron chi connectivity index (χ3n) is 7.22. The summed E-state index contributed by atoms with van der Waals surface area (Å²) >= 11 is 6.38. The van der Waals surface area contributed by atoms with Crippen molar-refractivity contribution in [2.75, 3.05) is 63.2 Å². The predicted molar refractivity (Wildman–Crippen MR) is 156 cm³/mol. The molecule has 1 saturated heterocycles. The van der Waals surface area contributed by atoms with Gasteiger partial charge in [-0.15, -0.1) is 0 Å². The molecular weight excluding hydrogens is 532 g/mol. The average molecular weight is 565 g/mol. The topological polar surface area (TPSA) is 102 Å². The van der Waals surface area contributed by atoms with Crippen LogP contribution in [0.1, 0.15) is 23.0 Å². The number of fused-ring (bicyclic) bond motifs is 2. The molecule has 40 heavy (non-hydrogen) atoms. The van der Waals surface area contributed by atoms with Gasteiger partial charge in [0.05, 0.1) is 10.7 Å². The maximum absolute atomic E-state index is 14.1. The lowest BCUT2D eigenvalue weighted by molar-refractivity contribution is -0.126. The van der Waals surface area contributed by atoms with Crippen LogP contribution in [0.5, 0.6) is 11.8 Å². The smallest absolute Gasteiger partial charge is 0.319 e. The summed E-state index contributed by atoms with van der Waals surface area (Å²) in [5.74, 6) is 0.155. The molecule has 10 nitrogen and oxygen atoms in total. The molecule has 2 aromatic carbocycles. The summed E-state index contributed by atoms with van der Waals surface area (Å²) in [4.78, 5) is 43.0. The number of ether oxygens (including phenoxy) is 1. The van der Waals surface area contributed by atoms with Gasteiger partial charge in [0.15, 0.2) is 0 Å². The number of rotatable bonds is 7. The van der Waals surface area contributed by atoms with Gasteiger partial charge in [-0.1, -0.05) is 42.4 Å². The van der Waals surface area contributed by atoms with E-state index in [0.717, 1.165) is 10.9 Å². The number of carbonyl (C=O) groups excluding carboxylic acids is 2. The Balaban J connectivity index is 1.54. The minimum atomic E-state index is -0.303. The van der Waals surface area contributed by atoms with E-state index in [4.69, 9.17) is 21.3 Å². The highest BCUT2D eigenvalue weighted by Crippen LogP contribution is 2.41. The Kier molecular flexibility index (Phi) is 7.82. The van der Waals surface area contributed by atoms with Crippen molar-refractivity contribution in [1.29, 1.82) is 0 Å². The molecule has 0 saturated carbocycles. The Morgan fingerprint density at radius 2 is 1.88 bits per heavy atom. The fourth-order valence-electron chi connectivity index (χ4n) is 5.39. The van der Waals surface area contributed by atoms with Crippen LogP contribution in [0, 0.1) is 0 Å². The van der Waals surface area contributed by atoms with Gasteiger partial charge in [0.25, 0.3) is 5.91 Å². The van der Waals surface area contributed by atoms with Crippen molar-refractivity contribution in [3.63, 3.8) is 0 Å². The third-order valence-corrected chi connectivity index (χ3v) is 7.62. The number of phenolic OH excluding ortho intramolecular Hbond substituents is 1. The molecule has 2 aliphatic heterocycles. The van der Waals surface area contributed by atoms with E-state index < -0.39 is 0 Å². The van der Waals surface area contributed by atoms with Gasteiger partial charge in [0.1, 0.15) is 23.4 Å². The second kappa shape index (κ2) is 11.3. The van der Waals surface area contributed by atoms with Gasteiger partial charge >= 0.3 is 6.01 Å². The van der Waals surface area contributed by atoms with E-state index in [-0.39, 0.29) is 40.4 Å². The largest absolute Gasteiger partial charge is 0.506 e. The van der Waals surface area contributed by atoms with Gasteiger partial charge in [-0.3, -0.25) is 9.59 Å². The van der Waals surface area contributed by atoms with Crippen molar-refractivity contribution < 1.29 is 19.4 Å². The number of benzene rings is 2. The molecule has 0 bridgehead atoms. The first-order valence-electron chi connectivity index (χ1n) is 13.3. The molecule has 0 unspecified atom stereocenters. The summed E-state index contributed by atoms with van der Waals surface area (Å²) in [6, 6.07) is 9.07. The van der Waals surface area contributed by atoms with Crippen LogP contribution in [0.3, 0.4) is 0 Å². The van der Waals surface area contributed by atoms with Crippen molar-refractivity contribution in [2.45, 2.75) is 19.4 Å². The zero-order valence-electron chi connectivity index (χ0n) is 22.9. The Morgan fingerprint density at radius 3 is 2.55 bits per heavy atom. The number of piperazine rings is 1. The number of nitrogens with zero attached hydrogens (tertiary/aromatic N) is 6. The molecule has 1 N–H and O–H groups in total. The van der Waals surface area contributed by atoms with Gasteiger partial charge in [-0.2, -0.15) is 9.97 Å². The molecule has 0 aliphatic carbocycles. The van der Waals surface area contributed by atoms with E-state index in [1.807, 2.05) is 50.2 Å². The average Bonchev–Trinajstić information content (AvgIpc) is 2.94. The molecule has 1 aromatic heterocycles. The van der Waals surface area contributed by atoms with E-state index in [1.54, 1.807) is 9.80 Å². The Morgan fingerprint density at radius 1 is 1.18 bits per heavy atom. The molecule has 210 valence electrons. The monoisotopic (exact) mass is 564 g/mol. The molecule has 1 fully saturated rings. The highest BCUT2D eigenvalue weighted by atomic mass is 35.5. The minimum absolute atomic E-state index is 0.0918. The molecular formula is C29H33ClN6O4. The second-order valence-corrected chi connectivity index (χ2v) is 10.7. The van der Waals surface area contributed by atoms with Crippen LogP contribution in [-0.2, 0) is 11.2 Å². The van der Waals surface area contributed by atoms with E-state index in [1.165, 1.54) is 12.1 Å². The molecule has 3 aromatic rings. The van der Waals surface area contributed by atoms with Crippen LogP contribution in [0.4, 0.5) is 11.5 Å². The zero-order chi connectivity index (χ0) is 28.6. The number of hydrogen-bond acceptors (Lipinski definition) is 8. The summed E-state index contributed by atoms with van der Waals surface area (Å²) in [5.41, 5.74) is 1.58. The molecule has 2 amide bonds. The quantitative estimate of drug-likeness (QED) is 0.436. The summed E-state index contributed by atoms with van der Waals surface area (Å²) in [6.07, 6.45) is 1.62. The van der Waals surface area contributed by atoms with Gasteiger partial charge < -0.3 is 29.4 Å². The van der Waals surface area contributed by atoms with Crippen LogP contribution >= 0.6 is 11.6 Å². The molecule has 2 aliphatic rings. The number of anilines is 2. The first-order chi connectivity index (χ1) is 19.2. The SMILES string of the molecule is C=CC(=O)N1CCN(c2nc(O[C@H](C)CN(C)C)nc3c2CCN(c2cc(O)c(Cl)c4ccccc24)C3=O)CC1. The van der Waals surface area contributed by atoms with Gasteiger partial charge in [-0.05, 0) is 33.5 Å². The molecule has 0 radical (unpaired) electrons. The van der Waals surface area contributed by atoms with Gasteiger partial charge in [0, 0.05) is 61.7 Å². The first kappa shape index (κ1) is 27.7. The number of aromatic hydroxyl groups is 1. The van der Waals surface area contributed by atoms with Crippen molar-refractivity contribution in [3.8, 4) is 11.8 Å². The van der Waals surface area contributed by atoms with E-state index >= 15 is 0 Å². The number of amides is 2. The highest BCUT2D eigenvalue weighted by Gasteiger charge is 2.34. The van der Waals surface area contributed by atoms with Gasteiger partial charge in [-0.25, -0.2) is 0 Å². The maximum Gasteiger partial charge on any atom is 0.319 e. The van der Waals surface area contributed by atoms with Crippen molar-refractivity contribution >= 4 is 45.7 Å². The molecule has 11 heteroatoms. The standard InChI is InChI=1S/C29H33ClN6O4/c1-5-24(38)34-12-14-35(15-13-34)27-21-10-11-36(22-16-23(37)25(30)20-9-7-6-8-19(20)22)28(39)26(21)31-29(32-27)40-18(2)17-33(3)4/h5-9,16,18,37H,1,10-15,17H2,2-4H3/t18-/m1/s1. The fourth-order valence-corrected chi connectivity index (χ4v) is 5.60. The Bertz CT molecular complexity index is 1470. The molecule has 0 spiro atoms. The Labute approximate surface area is 238 Å². The first-order valence-corrected chi connectivity index (χ1v) is 13.7. The summed E-state index contributed by atoms with van der Waals surface area (Å²) < 4.78 is 6.10. The maximum atomic E-state index is 14.1. The number of halogens is 1. The second-order valence-electron chi connectivity index (χ2n) is 10.3. The number of aromatic nitrogens is 2. The molecule has 5 rings (SSSR count). The predicted octanol–water partition coefficient (Wildman–Crippen LogP) is 3.36. The number of carbonyl (C=O) groups is 2. The van der Waals surface area contributed by atoms with Crippen LogP contribution in [0.2, 0.25) is 5.02 Å². The number of likely N-dealkylation sites (N-methyl/N-ethyl adjacent to an activating group) is 1. The molecule has 1 atom stereocenters. The summed E-state index contributed by atoms with van der Waals surface area (Å²) in [5, 5.41) is 12.2. The minimum Gasteiger partial charge on any atom is -0.506 e. The van der Waals surface area contributed by atoms with Crippen molar-refractivity contribution in [3.05, 3.63) is 59.3 Å². The Hall–Kier alpha value is -3.89. The third kappa shape index (κ3) is 5.29. The molecule has 3 heterocycles. The lowest BCUT2D eigenvalue weighted by Gasteiger charge is -2.37. The lowest BCUT2D eigenvalue weighted by Crippen LogP contribution is -2.49. The fraction of sp³-hybridized carbons (Fsp3) is 0.379. The van der Waals surface area contributed by atoms with Crippen molar-refractivity contribution in [2.24, 2.45) is 0 Å². The van der Waals surface area contributed by atoms with E-state index in [2.05, 4.69) is 16.5 Å². The van der Waals surface area contributed by atoms with Crippen LogP contribution in [0.25, 0.3) is 10.8 Å². The van der Waals surface area contributed by atoms with Crippen LogP contribution in [-0.4, -0.2) is 96.2 Å². The lowest BCUT2D eigenvalue weighted by atomic mass is 10.0. The number of phenols is 1. The van der Waals surface area contributed by atoms with E-state index in [0.29, 0.717) is 62.6 Å². The zero-order valence-corrected chi connectivity index (χ0v) is 23.7. The van der Waals surface area contributed by atoms with Crippen LogP contribution in [0.15, 0.2) is 43.0 Å². The number of hydrogen-bond donors (Lipinski definition) is 1.